The van der Waals surface area contributed by atoms with Crippen LogP contribution in [-0.4, -0.2) is 32.1 Å². The van der Waals surface area contributed by atoms with Crippen molar-refractivity contribution in [3.05, 3.63) is 25.7 Å². The Morgan fingerprint density at radius 3 is 2.27 bits per heavy atom. The molecule has 15 heavy (non-hydrogen) atoms. The first-order valence-corrected chi connectivity index (χ1v) is 4.15. The van der Waals surface area contributed by atoms with E-state index in [1.165, 1.54) is 6.26 Å². The van der Waals surface area contributed by atoms with Crippen molar-refractivity contribution in [2.24, 2.45) is 0 Å². The average Bonchev–Trinajstić information content (AvgIpc) is 2.14. The van der Waals surface area contributed by atoms with E-state index in [1.807, 2.05) is 0 Å². The van der Waals surface area contributed by atoms with Crippen molar-refractivity contribution in [1.82, 2.24) is 0 Å². The maximum absolute atomic E-state index is 12.2. The van der Waals surface area contributed by atoms with Crippen LogP contribution in [0.1, 0.15) is 0 Å². The minimum Gasteiger partial charge on any atom is -0.499 e. The molecular formula is C9H13F3O3. The van der Waals surface area contributed by atoms with Gasteiger partial charge in [0.05, 0.1) is 25.7 Å². The third-order valence-electron chi connectivity index (χ3n) is 1.36. The monoisotopic (exact) mass is 226 g/mol. The van der Waals surface area contributed by atoms with E-state index >= 15 is 0 Å². The van der Waals surface area contributed by atoms with Crippen LogP contribution in [0.5, 0.6) is 0 Å². The van der Waals surface area contributed by atoms with Crippen LogP contribution < -0.4 is 0 Å². The van der Waals surface area contributed by atoms with Gasteiger partial charge < -0.3 is 14.2 Å². The van der Waals surface area contributed by atoms with Gasteiger partial charge in [-0.15, -0.1) is 0 Å². The standard InChI is InChI=1S/C9H13F3O3/c1-3-13-5-6-14-7-8(15-4-2)9(10,11)12/h3-4,8H,1-2,5-7H2. The highest BCUT2D eigenvalue weighted by molar-refractivity contribution is 4.70. The molecule has 0 bridgehead atoms. The zero-order chi connectivity index (χ0) is 11.7. The van der Waals surface area contributed by atoms with E-state index in [1.54, 1.807) is 0 Å². The normalized spacial score (nSPS) is 13.0. The Kier molecular flexibility index (Phi) is 6.61. The number of hydrogen-bond acceptors (Lipinski definition) is 3. The summed E-state index contributed by atoms with van der Waals surface area (Å²) in [6.07, 6.45) is -4.53. The third-order valence-corrected chi connectivity index (χ3v) is 1.36. The van der Waals surface area contributed by atoms with Crippen molar-refractivity contribution < 1.29 is 27.4 Å². The molecule has 0 radical (unpaired) electrons. The number of rotatable bonds is 8. The summed E-state index contributed by atoms with van der Waals surface area (Å²) in [4.78, 5) is 0. The van der Waals surface area contributed by atoms with Gasteiger partial charge in [-0.3, -0.25) is 0 Å². The molecule has 0 aromatic heterocycles. The Balaban J connectivity index is 3.76. The SMILES string of the molecule is C=COCCOCC(OC=C)C(F)(F)F. The van der Waals surface area contributed by atoms with Crippen molar-refractivity contribution in [2.75, 3.05) is 19.8 Å². The zero-order valence-corrected chi connectivity index (χ0v) is 8.13. The van der Waals surface area contributed by atoms with Crippen molar-refractivity contribution in [2.45, 2.75) is 12.3 Å². The second-order valence-electron chi connectivity index (χ2n) is 2.45. The van der Waals surface area contributed by atoms with E-state index in [2.05, 4.69) is 22.6 Å². The fourth-order valence-electron chi connectivity index (χ4n) is 0.708. The summed E-state index contributed by atoms with van der Waals surface area (Å²) in [6.45, 7) is 5.93. The van der Waals surface area contributed by atoms with Gasteiger partial charge in [0.2, 0.25) is 6.10 Å². The molecule has 1 unspecified atom stereocenters. The largest absolute Gasteiger partial charge is 0.499 e. The van der Waals surface area contributed by atoms with Gasteiger partial charge in [0.1, 0.15) is 6.61 Å². The topological polar surface area (TPSA) is 27.7 Å². The first-order valence-electron chi connectivity index (χ1n) is 4.15. The van der Waals surface area contributed by atoms with Gasteiger partial charge in [-0.2, -0.15) is 13.2 Å². The van der Waals surface area contributed by atoms with Crippen molar-refractivity contribution in [3.8, 4) is 0 Å². The maximum atomic E-state index is 12.2. The van der Waals surface area contributed by atoms with E-state index in [9.17, 15) is 13.2 Å². The van der Waals surface area contributed by atoms with Crippen LogP contribution in [0.4, 0.5) is 13.2 Å². The Bertz CT molecular complexity index is 192. The van der Waals surface area contributed by atoms with Crippen LogP contribution in [0.3, 0.4) is 0 Å². The average molecular weight is 226 g/mol. The highest BCUT2D eigenvalue weighted by Gasteiger charge is 2.41. The molecule has 0 saturated heterocycles. The molecule has 88 valence electrons. The lowest BCUT2D eigenvalue weighted by atomic mass is 10.4. The van der Waals surface area contributed by atoms with Gasteiger partial charge in [0, 0.05) is 0 Å². The molecule has 3 nitrogen and oxygen atoms in total. The summed E-state index contributed by atoms with van der Waals surface area (Å²) in [7, 11) is 0. The molecule has 1 atom stereocenters. The summed E-state index contributed by atoms with van der Waals surface area (Å²) in [5, 5.41) is 0. The molecule has 0 aromatic rings. The van der Waals surface area contributed by atoms with E-state index in [-0.39, 0.29) is 13.2 Å². The zero-order valence-electron chi connectivity index (χ0n) is 8.13. The number of alkyl halides is 3. The lowest BCUT2D eigenvalue weighted by Crippen LogP contribution is -2.35. The molecule has 0 aromatic carbocycles. The number of hydrogen-bond donors (Lipinski definition) is 0. The summed E-state index contributed by atoms with van der Waals surface area (Å²) in [6, 6.07) is 0. The Morgan fingerprint density at radius 2 is 1.80 bits per heavy atom. The number of ether oxygens (including phenoxy) is 3. The molecule has 0 fully saturated rings. The minimum absolute atomic E-state index is 0.0408. The van der Waals surface area contributed by atoms with Crippen molar-refractivity contribution in [3.63, 3.8) is 0 Å². The fourth-order valence-corrected chi connectivity index (χ4v) is 0.708. The Morgan fingerprint density at radius 1 is 1.13 bits per heavy atom. The molecule has 0 rings (SSSR count). The molecule has 0 spiro atoms. The van der Waals surface area contributed by atoms with Crippen LogP contribution in [0.15, 0.2) is 25.7 Å². The van der Waals surface area contributed by atoms with E-state index < -0.39 is 18.9 Å². The van der Waals surface area contributed by atoms with Crippen molar-refractivity contribution >= 4 is 0 Å². The molecular weight excluding hydrogens is 213 g/mol. The smallest absolute Gasteiger partial charge is 0.427 e. The Hall–Kier alpha value is -1.17. The van der Waals surface area contributed by atoms with E-state index in [4.69, 9.17) is 4.74 Å². The van der Waals surface area contributed by atoms with Gasteiger partial charge >= 0.3 is 6.18 Å². The Labute approximate surface area is 86.1 Å². The second-order valence-corrected chi connectivity index (χ2v) is 2.45. The van der Waals surface area contributed by atoms with E-state index in [0.717, 1.165) is 6.26 Å². The van der Waals surface area contributed by atoms with Gasteiger partial charge in [-0.1, -0.05) is 13.2 Å². The van der Waals surface area contributed by atoms with Gasteiger partial charge in [-0.25, -0.2) is 0 Å². The lowest BCUT2D eigenvalue weighted by Gasteiger charge is -2.19. The van der Waals surface area contributed by atoms with Crippen LogP contribution in [0.2, 0.25) is 0 Å². The van der Waals surface area contributed by atoms with Crippen LogP contribution >= 0.6 is 0 Å². The quantitative estimate of drug-likeness (QED) is 0.469. The van der Waals surface area contributed by atoms with Gasteiger partial charge in [0.25, 0.3) is 0 Å². The molecule has 0 heterocycles. The predicted molar refractivity (Wildman–Crippen MR) is 48.1 cm³/mol. The third kappa shape index (κ3) is 6.84. The molecule has 0 aliphatic rings. The molecule has 0 amide bonds. The molecule has 0 saturated carbocycles. The molecule has 6 heteroatoms. The van der Waals surface area contributed by atoms with Crippen molar-refractivity contribution in [1.29, 1.82) is 0 Å². The van der Waals surface area contributed by atoms with Gasteiger partial charge in [-0.05, 0) is 0 Å². The number of halogens is 3. The predicted octanol–water partition coefficient (Wildman–Crippen LogP) is 2.25. The fraction of sp³-hybridized carbons (Fsp3) is 0.556. The molecule has 0 aliphatic carbocycles. The summed E-state index contributed by atoms with van der Waals surface area (Å²) >= 11 is 0. The maximum Gasteiger partial charge on any atom is 0.427 e. The first kappa shape index (κ1) is 13.8. The van der Waals surface area contributed by atoms with Crippen LogP contribution in [0, 0.1) is 0 Å². The summed E-state index contributed by atoms with van der Waals surface area (Å²) in [5.74, 6) is 0. The lowest BCUT2D eigenvalue weighted by molar-refractivity contribution is -0.219. The van der Waals surface area contributed by atoms with E-state index in [0.29, 0.717) is 0 Å². The highest BCUT2D eigenvalue weighted by Crippen LogP contribution is 2.23. The van der Waals surface area contributed by atoms with Crippen LogP contribution in [0.25, 0.3) is 0 Å². The summed E-state index contributed by atoms with van der Waals surface area (Å²) in [5.41, 5.74) is 0. The molecule has 0 N–H and O–H groups in total. The van der Waals surface area contributed by atoms with Crippen LogP contribution in [-0.2, 0) is 14.2 Å². The molecule has 0 aliphatic heterocycles. The minimum atomic E-state index is -4.46. The second kappa shape index (κ2) is 7.17. The summed E-state index contributed by atoms with van der Waals surface area (Å²) < 4.78 is 50.2. The van der Waals surface area contributed by atoms with Gasteiger partial charge in [0.15, 0.2) is 0 Å². The first-order chi connectivity index (χ1) is 7.02. The highest BCUT2D eigenvalue weighted by atomic mass is 19.4.